The van der Waals surface area contributed by atoms with Crippen LogP contribution in [0.1, 0.15) is 19.3 Å². The third-order valence-electron chi connectivity index (χ3n) is 5.88. The molecule has 4 rings (SSSR count). The zero-order valence-electron chi connectivity index (χ0n) is 18.9. The molecule has 2 N–H and O–H groups in total. The van der Waals surface area contributed by atoms with E-state index >= 15 is 0 Å². The van der Waals surface area contributed by atoms with Crippen molar-refractivity contribution in [3.05, 3.63) is 40.7 Å². The van der Waals surface area contributed by atoms with Gasteiger partial charge in [0.15, 0.2) is 0 Å². The summed E-state index contributed by atoms with van der Waals surface area (Å²) >= 11 is 0. The number of benzene rings is 2. The molecule has 0 atom stereocenters. The molecule has 2 aromatic carbocycles. The lowest BCUT2D eigenvalue weighted by Crippen LogP contribution is -2.33. The number of nitrogens with zero attached hydrogens (tertiary/aromatic N) is 2. The van der Waals surface area contributed by atoms with Crippen molar-refractivity contribution in [1.29, 1.82) is 0 Å². The summed E-state index contributed by atoms with van der Waals surface area (Å²) in [6.45, 7) is 4.05. The lowest BCUT2D eigenvalue weighted by atomic mass is 10.1. The Bertz CT molecular complexity index is 1140. The summed E-state index contributed by atoms with van der Waals surface area (Å²) in [4.78, 5) is 23.1. The molecular formula is C24H30N4O4. The van der Waals surface area contributed by atoms with Crippen LogP contribution in [0.5, 0.6) is 17.2 Å². The first-order chi connectivity index (χ1) is 15.6. The van der Waals surface area contributed by atoms with Gasteiger partial charge in [-0.15, -0.1) is 0 Å². The SMILES string of the molecule is COc1ccc(-c2nc3cc(OC)cc(OC)c3c(=O)[nH]2)c(NCCN2CCCCC2)c1. The molecule has 1 aromatic heterocycles. The molecule has 32 heavy (non-hydrogen) atoms. The number of hydrogen-bond acceptors (Lipinski definition) is 7. The van der Waals surface area contributed by atoms with Gasteiger partial charge in [-0.1, -0.05) is 6.42 Å². The summed E-state index contributed by atoms with van der Waals surface area (Å²) in [5.74, 6) is 2.21. The van der Waals surface area contributed by atoms with Crippen LogP contribution in [0.4, 0.5) is 5.69 Å². The average molecular weight is 439 g/mol. The summed E-state index contributed by atoms with van der Waals surface area (Å²) < 4.78 is 16.2. The Morgan fingerprint density at radius 2 is 1.78 bits per heavy atom. The zero-order chi connectivity index (χ0) is 22.5. The molecule has 1 aliphatic rings. The molecule has 170 valence electrons. The van der Waals surface area contributed by atoms with Crippen molar-refractivity contribution in [2.24, 2.45) is 0 Å². The topological polar surface area (TPSA) is 88.7 Å². The van der Waals surface area contributed by atoms with E-state index in [0.29, 0.717) is 28.2 Å². The van der Waals surface area contributed by atoms with Crippen molar-refractivity contribution in [2.45, 2.75) is 19.3 Å². The number of anilines is 1. The second-order valence-corrected chi connectivity index (χ2v) is 7.88. The fourth-order valence-electron chi connectivity index (χ4n) is 4.15. The van der Waals surface area contributed by atoms with Gasteiger partial charge in [-0.05, 0) is 38.1 Å². The quantitative estimate of drug-likeness (QED) is 0.556. The third kappa shape index (κ3) is 4.65. The van der Waals surface area contributed by atoms with Gasteiger partial charge in [0.25, 0.3) is 5.56 Å². The Labute approximate surface area is 187 Å². The Hall–Kier alpha value is -3.26. The number of hydrogen-bond donors (Lipinski definition) is 2. The van der Waals surface area contributed by atoms with Crippen molar-refractivity contribution >= 4 is 16.6 Å². The summed E-state index contributed by atoms with van der Waals surface area (Å²) in [7, 11) is 4.74. The standard InChI is InChI=1S/C24H30N4O4/c1-30-16-7-8-18(19(13-16)25-9-12-28-10-5-4-6-11-28)23-26-20-14-17(31-2)15-21(32-3)22(20)24(29)27-23/h7-8,13-15,25H,4-6,9-12H2,1-3H3,(H,26,27,29). The summed E-state index contributed by atoms with van der Waals surface area (Å²) in [6.07, 6.45) is 3.85. The van der Waals surface area contributed by atoms with Crippen molar-refractivity contribution in [1.82, 2.24) is 14.9 Å². The van der Waals surface area contributed by atoms with Crippen LogP contribution in [-0.2, 0) is 0 Å². The normalized spacial score (nSPS) is 14.3. The molecule has 2 heterocycles. The molecule has 0 radical (unpaired) electrons. The first-order valence-corrected chi connectivity index (χ1v) is 10.9. The van der Waals surface area contributed by atoms with E-state index in [-0.39, 0.29) is 5.56 Å². The fraction of sp³-hybridized carbons (Fsp3) is 0.417. The van der Waals surface area contributed by atoms with Crippen LogP contribution in [0.25, 0.3) is 22.3 Å². The predicted octanol–water partition coefficient (Wildman–Crippen LogP) is 3.51. The minimum absolute atomic E-state index is 0.264. The van der Waals surface area contributed by atoms with E-state index in [1.165, 1.54) is 26.4 Å². The van der Waals surface area contributed by atoms with Crippen molar-refractivity contribution in [3.8, 4) is 28.6 Å². The Morgan fingerprint density at radius 3 is 2.50 bits per heavy atom. The first-order valence-electron chi connectivity index (χ1n) is 10.9. The van der Waals surface area contributed by atoms with Crippen LogP contribution in [0.3, 0.4) is 0 Å². The molecule has 8 nitrogen and oxygen atoms in total. The molecule has 0 aliphatic carbocycles. The molecule has 0 saturated carbocycles. The highest BCUT2D eigenvalue weighted by Gasteiger charge is 2.16. The number of fused-ring (bicyclic) bond motifs is 1. The molecule has 1 aliphatic heterocycles. The van der Waals surface area contributed by atoms with E-state index in [1.54, 1.807) is 26.4 Å². The van der Waals surface area contributed by atoms with Crippen LogP contribution in [0.15, 0.2) is 35.1 Å². The second-order valence-electron chi connectivity index (χ2n) is 7.88. The van der Waals surface area contributed by atoms with Crippen LogP contribution >= 0.6 is 0 Å². The molecule has 1 fully saturated rings. The minimum atomic E-state index is -0.264. The average Bonchev–Trinajstić information content (AvgIpc) is 2.83. The molecule has 0 spiro atoms. The van der Waals surface area contributed by atoms with Crippen molar-refractivity contribution in [2.75, 3.05) is 52.8 Å². The summed E-state index contributed by atoms with van der Waals surface area (Å²) in [5, 5.41) is 3.91. The maximum Gasteiger partial charge on any atom is 0.262 e. The zero-order valence-corrected chi connectivity index (χ0v) is 18.9. The van der Waals surface area contributed by atoms with Gasteiger partial charge in [-0.2, -0.15) is 0 Å². The van der Waals surface area contributed by atoms with Gasteiger partial charge in [-0.25, -0.2) is 4.98 Å². The van der Waals surface area contributed by atoms with E-state index in [2.05, 4.69) is 15.2 Å². The van der Waals surface area contributed by atoms with Gasteiger partial charge >= 0.3 is 0 Å². The van der Waals surface area contributed by atoms with Gasteiger partial charge in [0.05, 0.1) is 26.8 Å². The lowest BCUT2D eigenvalue weighted by molar-refractivity contribution is 0.237. The molecular weight excluding hydrogens is 408 g/mol. The van der Waals surface area contributed by atoms with E-state index in [9.17, 15) is 4.79 Å². The van der Waals surface area contributed by atoms with Gasteiger partial charge in [0.1, 0.15) is 28.5 Å². The number of H-pyrrole nitrogens is 1. The molecule has 0 unspecified atom stereocenters. The number of methoxy groups -OCH3 is 3. The van der Waals surface area contributed by atoms with Crippen LogP contribution in [0, 0.1) is 0 Å². The van der Waals surface area contributed by atoms with Crippen molar-refractivity contribution < 1.29 is 14.2 Å². The number of rotatable bonds is 8. The van der Waals surface area contributed by atoms with Gasteiger partial charge in [0, 0.05) is 42.5 Å². The largest absolute Gasteiger partial charge is 0.497 e. The fourth-order valence-corrected chi connectivity index (χ4v) is 4.15. The Kier molecular flexibility index (Phi) is 6.80. The predicted molar refractivity (Wildman–Crippen MR) is 126 cm³/mol. The molecule has 1 saturated heterocycles. The number of nitrogens with one attached hydrogen (secondary N) is 2. The highest BCUT2D eigenvalue weighted by molar-refractivity contribution is 5.88. The van der Waals surface area contributed by atoms with Crippen LogP contribution < -0.4 is 25.1 Å². The lowest BCUT2D eigenvalue weighted by Gasteiger charge is -2.26. The molecule has 8 heteroatoms. The van der Waals surface area contributed by atoms with Crippen LogP contribution in [0.2, 0.25) is 0 Å². The Balaban J connectivity index is 1.69. The van der Waals surface area contributed by atoms with E-state index in [0.717, 1.165) is 43.2 Å². The summed E-state index contributed by atoms with van der Waals surface area (Å²) in [5.41, 5.74) is 1.90. The van der Waals surface area contributed by atoms with Gasteiger partial charge in [0.2, 0.25) is 0 Å². The number of piperidine rings is 1. The molecule has 3 aromatic rings. The monoisotopic (exact) mass is 438 g/mol. The van der Waals surface area contributed by atoms with Gasteiger partial charge < -0.3 is 29.4 Å². The maximum atomic E-state index is 12.9. The van der Waals surface area contributed by atoms with E-state index < -0.39 is 0 Å². The van der Waals surface area contributed by atoms with E-state index in [1.807, 2.05) is 18.2 Å². The minimum Gasteiger partial charge on any atom is -0.497 e. The number of ether oxygens (including phenoxy) is 3. The highest BCUT2D eigenvalue weighted by atomic mass is 16.5. The van der Waals surface area contributed by atoms with Crippen LogP contribution in [-0.4, -0.2) is 62.4 Å². The number of aromatic nitrogens is 2. The smallest absolute Gasteiger partial charge is 0.262 e. The number of likely N-dealkylation sites (tertiary alicyclic amines) is 1. The van der Waals surface area contributed by atoms with Crippen molar-refractivity contribution in [3.63, 3.8) is 0 Å². The van der Waals surface area contributed by atoms with E-state index in [4.69, 9.17) is 19.2 Å². The van der Waals surface area contributed by atoms with Gasteiger partial charge in [-0.3, -0.25) is 4.79 Å². The second kappa shape index (κ2) is 9.91. The first kappa shape index (κ1) is 22.0. The summed E-state index contributed by atoms with van der Waals surface area (Å²) in [6, 6.07) is 9.12. The highest BCUT2D eigenvalue weighted by Crippen LogP contribution is 2.32. The molecule has 0 bridgehead atoms. The number of aromatic amines is 1. The maximum absolute atomic E-state index is 12.9. The third-order valence-corrected chi connectivity index (χ3v) is 5.88. The Morgan fingerprint density at radius 1 is 1.00 bits per heavy atom. The molecule has 0 amide bonds.